The molecule has 0 saturated heterocycles. The van der Waals surface area contributed by atoms with Crippen LogP contribution in [0.25, 0.3) is 0 Å². The van der Waals surface area contributed by atoms with Crippen LogP contribution in [0.15, 0.2) is 12.1 Å². The minimum absolute atomic E-state index is 0.0364. The molecule has 1 aliphatic rings. The summed E-state index contributed by atoms with van der Waals surface area (Å²) in [6.45, 7) is 11.0. The highest BCUT2D eigenvalue weighted by Gasteiger charge is 2.27. The quantitative estimate of drug-likeness (QED) is 0.747. The Balaban J connectivity index is 2.24. The van der Waals surface area contributed by atoms with Crippen molar-refractivity contribution < 1.29 is 9.53 Å². The van der Waals surface area contributed by atoms with Gasteiger partial charge in [-0.15, -0.1) is 0 Å². The van der Waals surface area contributed by atoms with E-state index in [9.17, 15) is 4.79 Å². The lowest BCUT2D eigenvalue weighted by Gasteiger charge is -2.35. The molecule has 1 aromatic carbocycles. The molecule has 0 aliphatic carbocycles. The Bertz CT molecular complexity index is 559. The van der Waals surface area contributed by atoms with Crippen LogP contribution in [0.5, 0.6) is 5.75 Å². The lowest BCUT2D eigenvalue weighted by molar-refractivity contribution is -0.118. The van der Waals surface area contributed by atoms with Crippen molar-refractivity contribution in [2.45, 2.75) is 46.6 Å². The Labute approximate surface area is 126 Å². The molecule has 0 bridgehead atoms. The summed E-state index contributed by atoms with van der Waals surface area (Å²) in [5.41, 5.74) is 8.28. The molecule has 0 unspecified atom stereocenters. The lowest BCUT2D eigenvalue weighted by Crippen LogP contribution is -2.35. The van der Waals surface area contributed by atoms with Crippen molar-refractivity contribution in [2.24, 2.45) is 5.41 Å². The number of rotatable bonds is 3. The van der Waals surface area contributed by atoms with Crippen LogP contribution < -0.4 is 21.1 Å². The first-order valence-corrected chi connectivity index (χ1v) is 7.20. The SMILES string of the molecule is CC(C)(C)CC(C)(C)Nc1cc2c(cc1N)OCC(=O)N2. The number of fused-ring (bicyclic) bond motifs is 1. The normalized spacial score (nSPS) is 15.0. The summed E-state index contributed by atoms with van der Waals surface area (Å²) in [5.74, 6) is 0.471. The largest absolute Gasteiger partial charge is 0.482 e. The molecule has 5 nitrogen and oxygen atoms in total. The number of hydrogen-bond acceptors (Lipinski definition) is 4. The van der Waals surface area contributed by atoms with E-state index >= 15 is 0 Å². The molecular weight excluding hydrogens is 266 g/mol. The average molecular weight is 291 g/mol. The molecule has 0 spiro atoms. The van der Waals surface area contributed by atoms with Crippen molar-refractivity contribution in [1.29, 1.82) is 0 Å². The molecule has 0 aromatic heterocycles. The van der Waals surface area contributed by atoms with Gasteiger partial charge in [0.1, 0.15) is 5.75 Å². The summed E-state index contributed by atoms with van der Waals surface area (Å²) in [6.07, 6.45) is 0.985. The number of carbonyl (C=O) groups excluding carboxylic acids is 1. The van der Waals surface area contributed by atoms with E-state index in [0.717, 1.165) is 12.1 Å². The maximum Gasteiger partial charge on any atom is 0.262 e. The fraction of sp³-hybridized carbons (Fsp3) is 0.562. The van der Waals surface area contributed by atoms with E-state index in [0.29, 0.717) is 17.1 Å². The molecule has 5 heteroatoms. The first-order valence-electron chi connectivity index (χ1n) is 7.20. The topological polar surface area (TPSA) is 76.4 Å². The maximum atomic E-state index is 11.4. The smallest absolute Gasteiger partial charge is 0.262 e. The predicted octanol–water partition coefficient (Wildman–Crippen LogP) is 3.23. The molecule has 4 N–H and O–H groups in total. The van der Waals surface area contributed by atoms with Gasteiger partial charge >= 0.3 is 0 Å². The molecule has 0 radical (unpaired) electrons. The maximum absolute atomic E-state index is 11.4. The standard InChI is InChI=1S/C16H25N3O2/c1-15(2,3)9-16(4,5)19-11-7-12-13(6-10(11)17)21-8-14(20)18-12/h6-7,19H,8-9,17H2,1-5H3,(H,18,20). The molecular formula is C16H25N3O2. The van der Waals surface area contributed by atoms with Gasteiger partial charge in [0.05, 0.1) is 17.1 Å². The zero-order valence-electron chi connectivity index (χ0n) is 13.5. The molecule has 0 saturated carbocycles. The van der Waals surface area contributed by atoms with Crippen LogP contribution in [0.1, 0.15) is 41.0 Å². The summed E-state index contributed by atoms with van der Waals surface area (Å²) in [6, 6.07) is 3.59. The molecule has 2 rings (SSSR count). The number of nitrogens with two attached hydrogens (primary N) is 1. The summed E-state index contributed by atoms with van der Waals surface area (Å²) in [5, 5.41) is 6.28. The van der Waals surface area contributed by atoms with E-state index in [1.165, 1.54) is 0 Å². The van der Waals surface area contributed by atoms with Crippen molar-refractivity contribution in [1.82, 2.24) is 0 Å². The molecule has 1 heterocycles. The highest BCUT2D eigenvalue weighted by Crippen LogP contribution is 2.38. The minimum Gasteiger partial charge on any atom is -0.482 e. The summed E-state index contributed by atoms with van der Waals surface area (Å²) in [4.78, 5) is 11.4. The second-order valence-corrected chi connectivity index (χ2v) is 7.52. The monoisotopic (exact) mass is 291 g/mol. The van der Waals surface area contributed by atoms with Crippen LogP contribution >= 0.6 is 0 Å². The number of nitrogens with one attached hydrogen (secondary N) is 2. The van der Waals surface area contributed by atoms with Gasteiger partial charge in [-0.05, 0) is 31.7 Å². The van der Waals surface area contributed by atoms with Crippen molar-refractivity contribution in [3.63, 3.8) is 0 Å². The van der Waals surface area contributed by atoms with Gasteiger partial charge in [0.25, 0.3) is 5.91 Å². The van der Waals surface area contributed by atoms with E-state index in [2.05, 4.69) is 45.3 Å². The zero-order valence-corrected chi connectivity index (χ0v) is 13.5. The molecule has 0 atom stereocenters. The third kappa shape index (κ3) is 4.03. The number of nitrogen functional groups attached to an aromatic ring is 1. The highest BCUT2D eigenvalue weighted by atomic mass is 16.5. The lowest BCUT2D eigenvalue weighted by atomic mass is 9.81. The zero-order chi connectivity index (χ0) is 15.8. The van der Waals surface area contributed by atoms with Crippen LogP contribution in [-0.2, 0) is 4.79 Å². The predicted molar refractivity (Wildman–Crippen MR) is 86.8 cm³/mol. The summed E-state index contributed by atoms with van der Waals surface area (Å²) in [7, 11) is 0. The van der Waals surface area contributed by atoms with Gasteiger partial charge < -0.3 is 21.1 Å². The molecule has 0 fully saturated rings. The minimum atomic E-state index is -0.146. The van der Waals surface area contributed by atoms with Crippen LogP contribution in [0.3, 0.4) is 0 Å². The van der Waals surface area contributed by atoms with Crippen LogP contribution in [0, 0.1) is 5.41 Å². The highest BCUT2D eigenvalue weighted by molar-refractivity contribution is 5.97. The van der Waals surface area contributed by atoms with Gasteiger partial charge in [0, 0.05) is 11.6 Å². The third-order valence-corrected chi connectivity index (χ3v) is 3.23. The fourth-order valence-corrected chi connectivity index (χ4v) is 2.99. The number of hydrogen-bond donors (Lipinski definition) is 3. The van der Waals surface area contributed by atoms with Gasteiger partial charge in [0.2, 0.25) is 0 Å². The molecule has 1 aliphatic heterocycles. The number of ether oxygens (including phenoxy) is 1. The summed E-state index contributed by atoms with van der Waals surface area (Å²) >= 11 is 0. The van der Waals surface area contributed by atoms with Crippen LogP contribution in [-0.4, -0.2) is 18.1 Å². The van der Waals surface area contributed by atoms with Gasteiger partial charge in [0.15, 0.2) is 6.61 Å². The number of benzene rings is 1. The van der Waals surface area contributed by atoms with Gasteiger partial charge in [-0.25, -0.2) is 0 Å². The van der Waals surface area contributed by atoms with Crippen molar-refractivity contribution >= 4 is 23.0 Å². The second kappa shape index (κ2) is 5.13. The van der Waals surface area contributed by atoms with E-state index in [1.54, 1.807) is 6.07 Å². The molecule has 1 aromatic rings. The summed E-state index contributed by atoms with van der Waals surface area (Å²) < 4.78 is 5.36. The van der Waals surface area contributed by atoms with Crippen LogP contribution in [0.2, 0.25) is 0 Å². The number of anilines is 3. The fourth-order valence-electron chi connectivity index (χ4n) is 2.99. The Hall–Kier alpha value is -1.91. The van der Waals surface area contributed by atoms with E-state index in [1.807, 2.05) is 6.07 Å². The van der Waals surface area contributed by atoms with Gasteiger partial charge in [-0.1, -0.05) is 20.8 Å². The number of amides is 1. The van der Waals surface area contributed by atoms with Crippen molar-refractivity contribution in [3.8, 4) is 5.75 Å². The Morgan fingerprint density at radius 3 is 2.57 bits per heavy atom. The first kappa shape index (κ1) is 15.5. The van der Waals surface area contributed by atoms with Crippen molar-refractivity contribution in [3.05, 3.63) is 12.1 Å². The Morgan fingerprint density at radius 1 is 1.29 bits per heavy atom. The third-order valence-electron chi connectivity index (χ3n) is 3.23. The van der Waals surface area contributed by atoms with E-state index in [4.69, 9.17) is 10.5 Å². The number of carbonyl (C=O) groups is 1. The van der Waals surface area contributed by atoms with Crippen LogP contribution in [0.4, 0.5) is 17.1 Å². The van der Waals surface area contributed by atoms with Gasteiger partial charge in [-0.3, -0.25) is 4.79 Å². The Kier molecular flexibility index (Phi) is 3.78. The Morgan fingerprint density at radius 2 is 1.95 bits per heavy atom. The van der Waals surface area contributed by atoms with E-state index < -0.39 is 0 Å². The second-order valence-electron chi connectivity index (χ2n) is 7.52. The molecule has 1 amide bonds. The van der Waals surface area contributed by atoms with E-state index in [-0.39, 0.29) is 23.5 Å². The van der Waals surface area contributed by atoms with Gasteiger partial charge in [-0.2, -0.15) is 0 Å². The van der Waals surface area contributed by atoms with Crippen molar-refractivity contribution in [2.75, 3.05) is 23.0 Å². The average Bonchev–Trinajstić information content (AvgIpc) is 2.27. The molecule has 116 valence electrons. The first-order chi connectivity index (χ1) is 9.56. The molecule has 21 heavy (non-hydrogen) atoms.